The van der Waals surface area contributed by atoms with Gasteiger partial charge in [0.15, 0.2) is 15.6 Å². The minimum absolute atomic E-state index is 0.131. The van der Waals surface area contributed by atoms with Crippen LogP contribution in [0.1, 0.15) is 21.5 Å². The van der Waals surface area contributed by atoms with Crippen molar-refractivity contribution in [3.8, 4) is 0 Å². The molecule has 0 saturated carbocycles. The molecule has 0 atom stereocenters. The Bertz CT molecular complexity index is 749. The highest BCUT2D eigenvalue weighted by molar-refractivity contribution is 7.91. The molecule has 0 aromatic heterocycles. The van der Waals surface area contributed by atoms with E-state index in [0.29, 0.717) is 16.1 Å². The Labute approximate surface area is 129 Å². The summed E-state index contributed by atoms with van der Waals surface area (Å²) in [5.41, 5.74) is 2.04. The van der Waals surface area contributed by atoms with Crippen LogP contribution in [0.2, 0.25) is 5.02 Å². The Kier molecular flexibility index (Phi) is 4.80. The number of carbonyl (C=O) groups excluding carboxylic acids is 1. The van der Waals surface area contributed by atoms with Gasteiger partial charge in [0, 0.05) is 10.6 Å². The number of sulfone groups is 1. The van der Waals surface area contributed by atoms with Gasteiger partial charge in [-0.2, -0.15) is 0 Å². The van der Waals surface area contributed by atoms with E-state index in [1.54, 1.807) is 24.3 Å². The number of ketones is 1. The van der Waals surface area contributed by atoms with Crippen molar-refractivity contribution in [1.29, 1.82) is 0 Å². The molecule has 2 aromatic rings. The van der Waals surface area contributed by atoms with Crippen LogP contribution in [0.15, 0.2) is 48.5 Å². The summed E-state index contributed by atoms with van der Waals surface area (Å²) in [7, 11) is -3.49. The molecule has 21 heavy (non-hydrogen) atoms. The molecule has 2 aromatic carbocycles. The van der Waals surface area contributed by atoms with E-state index in [-0.39, 0.29) is 5.75 Å². The fraction of sp³-hybridized carbons (Fsp3) is 0.188. The first-order valence-electron chi connectivity index (χ1n) is 6.40. The van der Waals surface area contributed by atoms with E-state index in [1.165, 1.54) is 12.1 Å². The summed E-state index contributed by atoms with van der Waals surface area (Å²) in [6.45, 7) is 1.90. The third-order valence-corrected chi connectivity index (χ3v) is 4.71. The summed E-state index contributed by atoms with van der Waals surface area (Å²) in [6.07, 6.45) is 0. The Morgan fingerprint density at radius 1 is 1.10 bits per heavy atom. The maximum Gasteiger partial charge on any atom is 0.177 e. The first-order chi connectivity index (χ1) is 9.85. The quantitative estimate of drug-likeness (QED) is 0.792. The van der Waals surface area contributed by atoms with Crippen LogP contribution in [0.25, 0.3) is 0 Å². The van der Waals surface area contributed by atoms with Crippen molar-refractivity contribution in [2.75, 3.05) is 5.75 Å². The van der Waals surface area contributed by atoms with Crippen molar-refractivity contribution in [3.05, 3.63) is 70.2 Å². The lowest BCUT2D eigenvalue weighted by atomic mass is 10.1. The first kappa shape index (κ1) is 15.7. The fourth-order valence-corrected chi connectivity index (χ4v) is 3.51. The van der Waals surface area contributed by atoms with Crippen molar-refractivity contribution >= 4 is 27.2 Å². The number of hydrogen-bond donors (Lipinski definition) is 0. The van der Waals surface area contributed by atoms with E-state index in [2.05, 4.69) is 0 Å². The smallest absolute Gasteiger partial charge is 0.177 e. The van der Waals surface area contributed by atoms with Gasteiger partial charge >= 0.3 is 0 Å². The molecule has 0 N–H and O–H groups in total. The first-order valence-corrected chi connectivity index (χ1v) is 8.60. The van der Waals surface area contributed by atoms with E-state index in [1.807, 2.05) is 19.1 Å². The van der Waals surface area contributed by atoms with E-state index in [9.17, 15) is 13.2 Å². The molecule has 0 aliphatic rings. The summed E-state index contributed by atoms with van der Waals surface area (Å²) in [5, 5.41) is 0.508. The predicted octanol–water partition coefficient (Wildman–Crippen LogP) is 3.45. The summed E-state index contributed by atoms with van der Waals surface area (Å²) >= 11 is 5.74. The molecular weight excluding hydrogens is 308 g/mol. The highest BCUT2D eigenvalue weighted by Gasteiger charge is 2.18. The van der Waals surface area contributed by atoms with E-state index in [4.69, 9.17) is 11.6 Å². The van der Waals surface area contributed by atoms with Gasteiger partial charge < -0.3 is 0 Å². The summed E-state index contributed by atoms with van der Waals surface area (Å²) < 4.78 is 24.2. The van der Waals surface area contributed by atoms with Crippen molar-refractivity contribution in [2.45, 2.75) is 12.7 Å². The van der Waals surface area contributed by atoms with Gasteiger partial charge in [-0.1, -0.05) is 41.4 Å². The molecule has 2 rings (SSSR count). The maximum absolute atomic E-state index is 12.1. The second-order valence-corrected chi connectivity index (χ2v) is 7.45. The molecule has 0 unspecified atom stereocenters. The zero-order valence-corrected chi connectivity index (χ0v) is 13.1. The molecule has 0 heterocycles. The van der Waals surface area contributed by atoms with Gasteiger partial charge in [-0.25, -0.2) is 8.42 Å². The lowest BCUT2D eigenvalue weighted by molar-refractivity contribution is 0.102. The lowest BCUT2D eigenvalue weighted by Gasteiger charge is -2.05. The molecule has 0 aliphatic carbocycles. The van der Waals surface area contributed by atoms with Crippen LogP contribution in [0, 0.1) is 6.92 Å². The molecule has 110 valence electrons. The summed E-state index contributed by atoms with van der Waals surface area (Å²) in [6, 6.07) is 13.5. The minimum atomic E-state index is -3.49. The monoisotopic (exact) mass is 322 g/mol. The second kappa shape index (κ2) is 6.41. The van der Waals surface area contributed by atoms with E-state index < -0.39 is 21.4 Å². The van der Waals surface area contributed by atoms with Crippen LogP contribution in [0.3, 0.4) is 0 Å². The molecule has 0 bridgehead atoms. The average molecular weight is 323 g/mol. The van der Waals surface area contributed by atoms with Gasteiger partial charge in [-0.3, -0.25) is 4.79 Å². The van der Waals surface area contributed by atoms with Crippen LogP contribution < -0.4 is 0 Å². The predicted molar refractivity (Wildman–Crippen MR) is 84.5 cm³/mol. The number of aryl methyl sites for hydroxylation is 1. The average Bonchev–Trinajstić information content (AvgIpc) is 2.38. The molecule has 0 saturated heterocycles. The van der Waals surface area contributed by atoms with E-state index in [0.717, 1.165) is 5.56 Å². The van der Waals surface area contributed by atoms with Crippen LogP contribution >= 0.6 is 11.6 Å². The molecule has 0 fully saturated rings. The zero-order valence-electron chi connectivity index (χ0n) is 11.5. The van der Waals surface area contributed by atoms with Crippen LogP contribution in [-0.4, -0.2) is 20.0 Å². The molecule has 0 amide bonds. The molecular formula is C16H15ClO3S. The third-order valence-electron chi connectivity index (χ3n) is 2.99. The standard InChI is InChI=1S/C16H15ClO3S/c1-12-3-2-4-13(9-12)10-21(19,20)11-16(18)14-5-7-15(17)8-6-14/h2-9H,10-11H2,1H3. The number of halogens is 1. The van der Waals surface area contributed by atoms with Crippen LogP contribution in [0.5, 0.6) is 0 Å². The van der Waals surface area contributed by atoms with Crippen LogP contribution in [0.4, 0.5) is 0 Å². The molecule has 5 heteroatoms. The summed E-state index contributed by atoms with van der Waals surface area (Å²) in [5.74, 6) is -1.05. The van der Waals surface area contributed by atoms with Gasteiger partial charge in [0.05, 0.1) is 5.75 Å². The highest BCUT2D eigenvalue weighted by Crippen LogP contribution is 2.13. The zero-order chi connectivity index (χ0) is 15.5. The van der Waals surface area contributed by atoms with Crippen LogP contribution in [-0.2, 0) is 15.6 Å². The Balaban J connectivity index is 2.10. The van der Waals surface area contributed by atoms with Gasteiger partial charge in [0.25, 0.3) is 0 Å². The van der Waals surface area contributed by atoms with Gasteiger partial charge in [-0.05, 0) is 36.8 Å². The molecule has 0 spiro atoms. The third kappa shape index (κ3) is 4.69. The number of benzene rings is 2. The topological polar surface area (TPSA) is 51.2 Å². The van der Waals surface area contributed by atoms with Gasteiger partial charge in [0.1, 0.15) is 5.75 Å². The Morgan fingerprint density at radius 3 is 2.38 bits per heavy atom. The Morgan fingerprint density at radius 2 is 1.76 bits per heavy atom. The Hall–Kier alpha value is -1.65. The maximum atomic E-state index is 12.1. The van der Waals surface area contributed by atoms with Gasteiger partial charge in [0.2, 0.25) is 0 Å². The lowest BCUT2D eigenvalue weighted by Crippen LogP contribution is -2.18. The van der Waals surface area contributed by atoms with Crippen molar-refractivity contribution in [1.82, 2.24) is 0 Å². The molecule has 3 nitrogen and oxygen atoms in total. The molecule has 0 radical (unpaired) electrons. The van der Waals surface area contributed by atoms with Crippen molar-refractivity contribution < 1.29 is 13.2 Å². The number of Topliss-reactive ketones (excluding diaryl/α,β-unsaturated/α-hetero) is 1. The van der Waals surface area contributed by atoms with Gasteiger partial charge in [-0.15, -0.1) is 0 Å². The number of rotatable bonds is 5. The largest absolute Gasteiger partial charge is 0.293 e. The summed E-state index contributed by atoms with van der Waals surface area (Å²) in [4.78, 5) is 12.0. The highest BCUT2D eigenvalue weighted by atomic mass is 35.5. The molecule has 0 aliphatic heterocycles. The SMILES string of the molecule is Cc1cccc(CS(=O)(=O)CC(=O)c2ccc(Cl)cc2)c1. The minimum Gasteiger partial charge on any atom is -0.293 e. The normalized spacial score (nSPS) is 11.3. The van der Waals surface area contributed by atoms with E-state index >= 15 is 0 Å². The second-order valence-electron chi connectivity index (χ2n) is 4.95. The number of carbonyl (C=O) groups is 1. The van der Waals surface area contributed by atoms with Crippen molar-refractivity contribution in [2.24, 2.45) is 0 Å². The van der Waals surface area contributed by atoms with Crippen molar-refractivity contribution in [3.63, 3.8) is 0 Å². The number of hydrogen-bond acceptors (Lipinski definition) is 3. The fourth-order valence-electron chi connectivity index (χ4n) is 2.03.